The molecular weight excluding hydrogens is 294 g/mol. The lowest BCUT2D eigenvalue weighted by Gasteiger charge is -2.18. The number of rotatable bonds is 5. The Morgan fingerprint density at radius 1 is 1.09 bits per heavy atom. The molecule has 0 saturated carbocycles. The fourth-order valence-corrected chi connectivity index (χ4v) is 2.30. The zero-order chi connectivity index (χ0) is 16.2. The third-order valence-electron chi connectivity index (χ3n) is 3.44. The Morgan fingerprint density at radius 2 is 1.87 bits per heavy atom. The van der Waals surface area contributed by atoms with Crippen molar-refractivity contribution in [2.45, 2.75) is 6.29 Å². The van der Waals surface area contributed by atoms with Gasteiger partial charge in [-0.3, -0.25) is 0 Å². The molecule has 0 bridgehead atoms. The molecule has 5 heteroatoms. The maximum absolute atomic E-state index is 11.0. The van der Waals surface area contributed by atoms with Crippen molar-refractivity contribution >= 4 is 16.7 Å². The molecule has 0 radical (unpaired) electrons. The highest BCUT2D eigenvalue weighted by Crippen LogP contribution is 2.26. The first-order valence-corrected chi connectivity index (χ1v) is 7.05. The van der Waals surface area contributed by atoms with E-state index in [0.29, 0.717) is 5.75 Å². The predicted octanol–water partition coefficient (Wildman–Crippen LogP) is 3.66. The zero-order valence-electron chi connectivity index (χ0n) is 12.5. The molecule has 0 aliphatic heterocycles. The first-order chi connectivity index (χ1) is 11.2. The van der Waals surface area contributed by atoms with Gasteiger partial charge < -0.3 is 14.6 Å². The Hall–Kier alpha value is -2.92. The van der Waals surface area contributed by atoms with Crippen molar-refractivity contribution in [1.82, 2.24) is 4.98 Å². The van der Waals surface area contributed by atoms with Crippen LogP contribution in [0.15, 0.2) is 60.8 Å². The molecule has 1 heterocycles. The van der Waals surface area contributed by atoms with Crippen LogP contribution in [0.5, 0.6) is 5.75 Å². The molecule has 0 amide bonds. The van der Waals surface area contributed by atoms with E-state index in [1.807, 2.05) is 36.4 Å². The second kappa shape index (κ2) is 6.46. The first-order valence-electron chi connectivity index (χ1n) is 7.05. The zero-order valence-corrected chi connectivity index (χ0v) is 12.5. The third-order valence-corrected chi connectivity index (χ3v) is 3.44. The lowest BCUT2D eigenvalue weighted by molar-refractivity contribution is -0.0561. The van der Waals surface area contributed by atoms with Crippen LogP contribution in [0.4, 0.5) is 0 Å². The van der Waals surface area contributed by atoms with Crippen LogP contribution in [0, 0.1) is 0 Å². The third kappa shape index (κ3) is 3.30. The molecule has 1 atom stereocenters. The standard InChI is InChI=1S/C18H15NO4/c1-22-18(12-5-3-2-4-6-12)23-15-8-7-13-11-19-16(17(20)21)10-14(13)9-15/h2-11,18H,1H3,(H,20,21). The molecule has 1 unspecified atom stereocenters. The number of hydrogen-bond acceptors (Lipinski definition) is 4. The fourth-order valence-electron chi connectivity index (χ4n) is 2.30. The number of carboxylic acids is 1. The lowest BCUT2D eigenvalue weighted by Crippen LogP contribution is -2.09. The van der Waals surface area contributed by atoms with E-state index < -0.39 is 12.3 Å². The summed E-state index contributed by atoms with van der Waals surface area (Å²) in [5, 5.41) is 10.6. The van der Waals surface area contributed by atoms with Gasteiger partial charge in [0.1, 0.15) is 11.4 Å². The van der Waals surface area contributed by atoms with E-state index >= 15 is 0 Å². The second-order valence-electron chi connectivity index (χ2n) is 4.98. The summed E-state index contributed by atoms with van der Waals surface area (Å²) in [5.41, 5.74) is 0.900. The highest BCUT2D eigenvalue weighted by Gasteiger charge is 2.12. The molecule has 5 nitrogen and oxygen atoms in total. The number of nitrogens with zero attached hydrogens (tertiary/aromatic N) is 1. The number of ether oxygens (including phenoxy) is 2. The van der Waals surface area contributed by atoms with E-state index in [1.165, 1.54) is 12.3 Å². The molecule has 1 aromatic heterocycles. The molecule has 3 aromatic rings. The number of carbonyl (C=O) groups is 1. The molecule has 23 heavy (non-hydrogen) atoms. The van der Waals surface area contributed by atoms with Crippen molar-refractivity contribution in [3.63, 3.8) is 0 Å². The van der Waals surface area contributed by atoms with Crippen LogP contribution in [-0.2, 0) is 4.74 Å². The number of benzene rings is 2. The van der Waals surface area contributed by atoms with E-state index in [2.05, 4.69) is 4.98 Å². The maximum Gasteiger partial charge on any atom is 0.354 e. The second-order valence-corrected chi connectivity index (χ2v) is 4.98. The van der Waals surface area contributed by atoms with Gasteiger partial charge in [0.25, 0.3) is 0 Å². The van der Waals surface area contributed by atoms with Crippen molar-refractivity contribution < 1.29 is 19.4 Å². The monoisotopic (exact) mass is 309 g/mol. The number of aromatic nitrogens is 1. The van der Waals surface area contributed by atoms with Gasteiger partial charge in [-0.25, -0.2) is 9.78 Å². The summed E-state index contributed by atoms with van der Waals surface area (Å²) < 4.78 is 11.3. The van der Waals surface area contributed by atoms with Gasteiger partial charge in [-0.1, -0.05) is 30.3 Å². The van der Waals surface area contributed by atoms with Crippen molar-refractivity contribution in [2.75, 3.05) is 7.11 Å². The molecule has 2 aromatic carbocycles. The Balaban J connectivity index is 1.91. The Labute approximate surface area is 133 Å². The predicted molar refractivity (Wildman–Crippen MR) is 85.5 cm³/mol. The van der Waals surface area contributed by atoms with Crippen LogP contribution in [0.1, 0.15) is 22.3 Å². The first kappa shape index (κ1) is 15.0. The number of hydrogen-bond donors (Lipinski definition) is 1. The van der Waals surface area contributed by atoms with Crippen molar-refractivity contribution in [2.24, 2.45) is 0 Å². The summed E-state index contributed by atoms with van der Waals surface area (Å²) in [6.45, 7) is 0. The van der Waals surface area contributed by atoms with Gasteiger partial charge >= 0.3 is 5.97 Å². The van der Waals surface area contributed by atoms with Crippen molar-refractivity contribution in [3.05, 3.63) is 72.1 Å². The Morgan fingerprint density at radius 3 is 2.57 bits per heavy atom. The van der Waals surface area contributed by atoms with Gasteiger partial charge in [0.15, 0.2) is 0 Å². The maximum atomic E-state index is 11.0. The largest absolute Gasteiger partial charge is 0.477 e. The van der Waals surface area contributed by atoms with E-state index in [0.717, 1.165) is 16.3 Å². The quantitative estimate of drug-likeness (QED) is 0.728. The molecular formula is C18H15NO4. The summed E-state index contributed by atoms with van der Waals surface area (Å²) in [4.78, 5) is 14.9. The Kier molecular flexibility index (Phi) is 4.21. The number of methoxy groups -OCH3 is 1. The molecule has 0 aliphatic carbocycles. The van der Waals surface area contributed by atoms with Gasteiger partial charge in [-0.05, 0) is 29.7 Å². The minimum absolute atomic E-state index is 0.000927. The van der Waals surface area contributed by atoms with Gasteiger partial charge in [-0.2, -0.15) is 0 Å². The average Bonchev–Trinajstić information content (AvgIpc) is 2.59. The minimum Gasteiger partial charge on any atom is -0.477 e. The van der Waals surface area contributed by atoms with Crippen molar-refractivity contribution in [1.29, 1.82) is 0 Å². The molecule has 0 saturated heterocycles. The minimum atomic E-state index is -1.06. The average molecular weight is 309 g/mol. The topological polar surface area (TPSA) is 68.7 Å². The molecule has 3 rings (SSSR count). The van der Waals surface area contributed by atoms with E-state index in [-0.39, 0.29) is 5.69 Å². The number of carboxylic acid groups (broad SMARTS) is 1. The summed E-state index contributed by atoms with van der Waals surface area (Å²) >= 11 is 0. The lowest BCUT2D eigenvalue weighted by atomic mass is 10.1. The van der Waals surface area contributed by atoms with Gasteiger partial charge in [0, 0.05) is 24.3 Å². The SMILES string of the molecule is COC(Oc1ccc2cnc(C(=O)O)cc2c1)c1ccccc1. The molecule has 0 aliphatic rings. The van der Waals surface area contributed by atoms with E-state index in [9.17, 15) is 4.79 Å². The summed E-state index contributed by atoms with van der Waals surface area (Å²) in [6, 6.07) is 16.5. The summed E-state index contributed by atoms with van der Waals surface area (Å²) in [7, 11) is 1.57. The summed E-state index contributed by atoms with van der Waals surface area (Å²) in [6.07, 6.45) is 1.00. The molecule has 0 fully saturated rings. The van der Waals surface area contributed by atoms with Gasteiger partial charge in [0.05, 0.1) is 0 Å². The van der Waals surface area contributed by atoms with Crippen molar-refractivity contribution in [3.8, 4) is 5.75 Å². The Bertz CT molecular complexity index is 833. The van der Waals surface area contributed by atoms with E-state index in [4.69, 9.17) is 14.6 Å². The van der Waals surface area contributed by atoms with Crippen LogP contribution in [-0.4, -0.2) is 23.2 Å². The van der Waals surface area contributed by atoms with Crippen LogP contribution in [0.25, 0.3) is 10.8 Å². The van der Waals surface area contributed by atoms with Gasteiger partial charge in [-0.15, -0.1) is 0 Å². The number of pyridine rings is 1. The van der Waals surface area contributed by atoms with Crippen LogP contribution in [0.3, 0.4) is 0 Å². The van der Waals surface area contributed by atoms with Gasteiger partial charge in [0.2, 0.25) is 6.29 Å². The highest BCUT2D eigenvalue weighted by atomic mass is 16.7. The van der Waals surface area contributed by atoms with Crippen LogP contribution < -0.4 is 4.74 Å². The highest BCUT2D eigenvalue weighted by molar-refractivity contribution is 5.92. The molecule has 0 spiro atoms. The van der Waals surface area contributed by atoms with Crippen LogP contribution >= 0.6 is 0 Å². The normalized spacial score (nSPS) is 12.0. The molecule has 116 valence electrons. The summed E-state index contributed by atoms with van der Waals surface area (Å²) in [5.74, 6) is -0.465. The molecule has 1 N–H and O–H groups in total. The fraction of sp³-hybridized carbons (Fsp3) is 0.111. The van der Waals surface area contributed by atoms with E-state index in [1.54, 1.807) is 19.2 Å². The smallest absolute Gasteiger partial charge is 0.354 e. The van der Waals surface area contributed by atoms with Crippen LogP contribution in [0.2, 0.25) is 0 Å². The number of fused-ring (bicyclic) bond motifs is 1. The number of aromatic carboxylic acids is 1.